The van der Waals surface area contributed by atoms with Crippen molar-refractivity contribution in [3.8, 4) is 0 Å². The van der Waals surface area contributed by atoms with E-state index in [0.29, 0.717) is 37.9 Å². The molecule has 0 amide bonds. The average molecular weight is 451 g/mol. The van der Waals surface area contributed by atoms with Gasteiger partial charge in [-0.15, -0.1) is 24.0 Å². The lowest BCUT2D eigenvalue weighted by Crippen LogP contribution is -2.40. The fourth-order valence-corrected chi connectivity index (χ4v) is 2.32. The van der Waals surface area contributed by atoms with E-state index in [9.17, 15) is 4.39 Å². The molecule has 1 aromatic carbocycles. The van der Waals surface area contributed by atoms with Crippen molar-refractivity contribution >= 4 is 29.9 Å². The topological polar surface area (TPSA) is 54.9 Å². The summed E-state index contributed by atoms with van der Waals surface area (Å²) in [4.78, 5) is 4.54. The van der Waals surface area contributed by atoms with Gasteiger partial charge in [-0.05, 0) is 38.0 Å². The fraction of sp³-hybridized carbons (Fsp3) is 0.588. The van der Waals surface area contributed by atoms with Gasteiger partial charge in [-0.2, -0.15) is 0 Å². The highest BCUT2D eigenvalue weighted by Crippen LogP contribution is 2.16. The Balaban J connectivity index is 0.00000288. The summed E-state index contributed by atoms with van der Waals surface area (Å²) in [6.07, 6.45) is -0.00803. The van der Waals surface area contributed by atoms with Gasteiger partial charge in [0.25, 0.3) is 0 Å². The largest absolute Gasteiger partial charge is 0.376 e. The van der Waals surface area contributed by atoms with Crippen molar-refractivity contribution in [2.24, 2.45) is 4.99 Å². The van der Waals surface area contributed by atoms with E-state index < -0.39 is 0 Å². The lowest BCUT2D eigenvalue weighted by Gasteiger charge is -2.23. The fourth-order valence-electron chi connectivity index (χ4n) is 2.32. The maximum Gasteiger partial charge on any atom is 0.191 e. The Morgan fingerprint density at radius 2 is 2.21 bits per heavy atom. The van der Waals surface area contributed by atoms with Crippen molar-refractivity contribution in [2.45, 2.75) is 32.9 Å². The van der Waals surface area contributed by atoms with Crippen LogP contribution in [0.15, 0.2) is 23.2 Å². The highest BCUT2D eigenvalue weighted by molar-refractivity contribution is 14.0. The molecule has 0 spiro atoms. The van der Waals surface area contributed by atoms with E-state index in [2.05, 4.69) is 15.6 Å². The van der Waals surface area contributed by atoms with Gasteiger partial charge < -0.3 is 20.1 Å². The molecule has 2 unspecified atom stereocenters. The number of aliphatic imine (C=N–C) groups is 1. The third kappa shape index (κ3) is 6.52. The van der Waals surface area contributed by atoms with Crippen molar-refractivity contribution in [2.75, 3.05) is 32.9 Å². The van der Waals surface area contributed by atoms with Crippen LogP contribution >= 0.6 is 24.0 Å². The summed E-state index contributed by atoms with van der Waals surface area (Å²) in [5.41, 5.74) is 1.53. The molecule has 1 saturated heterocycles. The molecule has 1 aliphatic heterocycles. The van der Waals surface area contributed by atoms with Gasteiger partial charge in [0.15, 0.2) is 5.96 Å². The average Bonchev–Trinajstić information content (AvgIpc) is 2.56. The first kappa shape index (κ1) is 21.1. The summed E-state index contributed by atoms with van der Waals surface area (Å²) in [7, 11) is 0. The van der Waals surface area contributed by atoms with Gasteiger partial charge in [-0.1, -0.05) is 12.1 Å². The summed E-state index contributed by atoms with van der Waals surface area (Å²) in [5, 5.41) is 6.49. The van der Waals surface area contributed by atoms with Gasteiger partial charge in [0.05, 0.1) is 32.4 Å². The van der Waals surface area contributed by atoms with Crippen LogP contribution in [0.5, 0.6) is 0 Å². The second-order valence-electron chi connectivity index (χ2n) is 5.66. The first-order chi connectivity index (χ1) is 11.1. The number of nitrogens with one attached hydrogen (secondary N) is 2. The highest BCUT2D eigenvalue weighted by atomic mass is 127. The zero-order valence-electron chi connectivity index (χ0n) is 14.5. The zero-order valence-corrected chi connectivity index (χ0v) is 16.8. The van der Waals surface area contributed by atoms with E-state index in [1.807, 2.05) is 19.9 Å². The molecule has 0 bridgehead atoms. The minimum atomic E-state index is -0.189. The third-order valence-corrected chi connectivity index (χ3v) is 3.73. The molecule has 0 saturated carbocycles. The number of aryl methyl sites for hydroxylation is 1. The third-order valence-electron chi connectivity index (χ3n) is 3.73. The monoisotopic (exact) mass is 451 g/mol. The SMILES string of the molecule is CCNC(=NCC1COCCO1)NC(C)c1ccc(C)c(F)c1.I. The predicted octanol–water partition coefficient (Wildman–Crippen LogP) is 2.78. The zero-order chi connectivity index (χ0) is 16.7. The van der Waals surface area contributed by atoms with Crippen molar-refractivity contribution in [3.63, 3.8) is 0 Å². The molecule has 1 heterocycles. The molecule has 1 aromatic rings. The van der Waals surface area contributed by atoms with Gasteiger partial charge >= 0.3 is 0 Å². The van der Waals surface area contributed by atoms with Gasteiger partial charge in [-0.3, -0.25) is 4.99 Å². The van der Waals surface area contributed by atoms with Gasteiger partial charge in [-0.25, -0.2) is 4.39 Å². The number of hydrogen-bond acceptors (Lipinski definition) is 3. The molecule has 2 atom stereocenters. The standard InChI is InChI=1S/C17H26FN3O2.HI/c1-4-19-17(20-10-15-11-22-7-8-23-15)21-13(3)14-6-5-12(2)16(18)9-14;/h5-6,9,13,15H,4,7-8,10-11H2,1-3H3,(H2,19,20,21);1H. The first-order valence-corrected chi connectivity index (χ1v) is 8.10. The Kier molecular flexibility index (Phi) is 9.53. The Morgan fingerprint density at radius 3 is 2.83 bits per heavy atom. The van der Waals surface area contributed by atoms with Crippen LogP contribution in [0.1, 0.15) is 31.0 Å². The number of hydrogen-bond donors (Lipinski definition) is 2. The minimum absolute atomic E-state index is 0. The van der Waals surface area contributed by atoms with Crippen LogP contribution < -0.4 is 10.6 Å². The van der Waals surface area contributed by atoms with Crippen LogP contribution in [0.3, 0.4) is 0 Å². The lowest BCUT2D eigenvalue weighted by molar-refractivity contribution is -0.0832. The Labute approximate surface area is 160 Å². The van der Waals surface area contributed by atoms with Crippen LogP contribution in [0, 0.1) is 12.7 Å². The van der Waals surface area contributed by atoms with E-state index in [-0.39, 0.29) is 41.9 Å². The number of benzene rings is 1. The number of halogens is 2. The smallest absolute Gasteiger partial charge is 0.191 e. The Hall–Kier alpha value is -0.930. The second kappa shape index (κ2) is 10.8. The van der Waals surface area contributed by atoms with E-state index >= 15 is 0 Å². The predicted molar refractivity (Wildman–Crippen MR) is 105 cm³/mol. The van der Waals surface area contributed by atoms with Gasteiger partial charge in [0, 0.05) is 6.54 Å². The molecule has 0 radical (unpaired) electrons. The number of nitrogens with zero attached hydrogens (tertiary/aromatic N) is 1. The second-order valence-corrected chi connectivity index (χ2v) is 5.66. The van der Waals surface area contributed by atoms with Gasteiger partial charge in [0.2, 0.25) is 0 Å². The molecule has 136 valence electrons. The molecule has 5 nitrogen and oxygen atoms in total. The Bertz CT molecular complexity index is 537. The van der Waals surface area contributed by atoms with Crippen molar-refractivity contribution in [1.29, 1.82) is 0 Å². The molecular weight excluding hydrogens is 424 g/mol. The molecule has 1 fully saturated rings. The molecule has 2 rings (SSSR count). The van der Waals surface area contributed by atoms with E-state index in [1.54, 1.807) is 19.1 Å². The maximum atomic E-state index is 13.7. The molecule has 0 aliphatic carbocycles. The normalized spacial score (nSPS) is 19.3. The minimum Gasteiger partial charge on any atom is -0.376 e. The summed E-state index contributed by atoms with van der Waals surface area (Å²) >= 11 is 0. The van der Waals surface area contributed by atoms with E-state index in [1.165, 1.54) is 0 Å². The Morgan fingerprint density at radius 1 is 1.42 bits per heavy atom. The molecule has 0 aromatic heterocycles. The summed E-state index contributed by atoms with van der Waals surface area (Å²) in [6, 6.07) is 5.23. The molecule has 2 N–H and O–H groups in total. The number of guanidine groups is 1. The lowest BCUT2D eigenvalue weighted by atomic mass is 10.1. The maximum absolute atomic E-state index is 13.7. The van der Waals surface area contributed by atoms with Crippen molar-refractivity contribution in [1.82, 2.24) is 10.6 Å². The number of rotatable bonds is 5. The van der Waals surface area contributed by atoms with Gasteiger partial charge in [0.1, 0.15) is 11.9 Å². The molecular formula is C17H27FIN3O2. The number of ether oxygens (including phenoxy) is 2. The van der Waals surface area contributed by atoms with Crippen LogP contribution in [0.4, 0.5) is 4.39 Å². The highest BCUT2D eigenvalue weighted by Gasteiger charge is 2.15. The molecule has 7 heteroatoms. The van der Waals surface area contributed by atoms with Crippen molar-refractivity contribution < 1.29 is 13.9 Å². The molecule has 24 heavy (non-hydrogen) atoms. The van der Waals surface area contributed by atoms with Crippen LogP contribution in [-0.4, -0.2) is 45.0 Å². The van der Waals surface area contributed by atoms with E-state index in [0.717, 1.165) is 12.1 Å². The quantitative estimate of drug-likeness (QED) is 0.411. The van der Waals surface area contributed by atoms with Crippen molar-refractivity contribution in [3.05, 3.63) is 35.1 Å². The molecule has 1 aliphatic rings. The van der Waals surface area contributed by atoms with Crippen LogP contribution in [0.2, 0.25) is 0 Å². The summed E-state index contributed by atoms with van der Waals surface area (Å²) < 4.78 is 24.7. The summed E-state index contributed by atoms with van der Waals surface area (Å²) in [5.74, 6) is 0.501. The first-order valence-electron chi connectivity index (χ1n) is 8.10. The summed E-state index contributed by atoms with van der Waals surface area (Å²) in [6.45, 7) is 8.87. The van der Waals surface area contributed by atoms with Crippen LogP contribution in [0.25, 0.3) is 0 Å². The van der Waals surface area contributed by atoms with E-state index in [4.69, 9.17) is 9.47 Å². The van der Waals surface area contributed by atoms with Crippen LogP contribution in [-0.2, 0) is 9.47 Å².